The molecule has 0 bridgehead atoms. The van der Waals surface area contributed by atoms with E-state index in [9.17, 15) is 4.79 Å². The molecule has 5 heteroatoms. The fourth-order valence-corrected chi connectivity index (χ4v) is 2.58. The lowest BCUT2D eigenvalue weighted by Gasteiger charge is -2.28. The molecule has 1 aliphatic heterocycles. The van der Waals surface area contributed by atoms with Crippen molar-refractivity contribution in [1.29, 1.82) is 0 Å². The molecule has 2 heterocycles. The van der Waals surface area contributed by atoms with E-state index in [1.165, 1.54) is 19.3 Å². The van der Waals surface area contributed by atoms with E-state index < -0.39 is 0 Å². The third-order valence-electron chi connectivity index (χ3n) is 3.77. The SMILES string of the molecule is CCCCC(=O)NCc1nc(C)cc(N2CCCCC2)n1. The second-order valence-corrected chi connectivity index (χ2v) is 5.71. The molecule has 0 radical (unpaired) electrons. The number of rotatable bonds is 6. The highest BCUT2D eigenvalue weighted by molar-refractivity contribution is 5.75. The Morgan fingerprint density at radius 3 is 2.76 bits per heavy atom. The van der Waals surface area contributed by atoms with Crippen LogP contribution in [0.4, 0.5) is 5.82 Å². The van der Waals surface area contributed by atoms with Gasteiger partial charge in [-0.3, -0.25) is 4.79 Å². The highest BCUT2D eigenvalue weighted by atomic mass is 16.1. The summed E-state index contributed by atoms with van der Waals surface area (Å²) in [4.78, 5) is 23.0. The Balaban J connectivity index is 1.96. The third-order valence-corrected chi connectivity index (χ3v) is 3.77. The Bertz CT molecular complexity index is 469. The highest BCUT2D eigenvalue weighted by Gasteiger charge is 2.14. The van der Waals surface area contributed by atoms with Crippen LogP contribution in [0, 0.1) is 6.92 Å². The summed E-state index contributed by atoms with van der Waals surface area (Å²) in [6.07, 6.45) is 6.31. The van der Waals surface area contributed by atoms with Crippen LogP contribution in [0.1, 0.15) is 57.0 Å². The van der Waals surface area contributed by atoms with Crippen LogP contribution in [0.25, 0.3) is 0 Å². The fraction of sp³-hybridized carbons (Fsp3) is 0.688. The van der Waals surface area contributed by atoms with Crippen molar-refractivity contribution in [2.45, 2.75) is 58.9 Å². The number of amides is 1. The first kappa shape index (κ1) is 15.7. The van der Waals surface area contributed by atoms with Crippen molar-refractivity contribution in [2.24, 2.45) is 0 Å². The summed E-state index contributed by atoms with van der Waals surface area (Å²) in [5.41, 5.74) is 0.961. The van der Waals surface area contributed by atoms with E-state index in [0.29, 0.717) is 18.8 Å². The number of aryl methyl sites for hydroxylation is 1. The number of piperidine rings is 1. The summed E-state index contributed by atoms with van der Waals surface area (Å²) in [5.74, 6) is 1.79. The molecule has 0 spiro atoms. The van der Waals surface area contributed by atoms with Crippen molar-refractivity contribution >= 4 is 11.7 Å². The molecule has 2 rings (SSSR count). The molecule has 1 fully saturated rings. The van der Waals surface area contributed by atoms with Gasteiger partial charge in [-0.15, -0.1) is 0 Å². The Kier molecular flexibility index (Phi) is 5.96. The van der Waals surface area contributed by atoms with Crippen molar-refractivity contribution in [3.63, 3.8) is 0 Å². The van der Waals surface area contributed by atoms with Crippen LogP contribution in [-0.4, -0.2) is 29.0 Å². The van der Waals surface area contributed by atoms with Crippen LogP contribution in [0.3, 0.4) is 0 Å². The Morgan fingerprint density at radius 1 is 1.29 bits per heavy atom. The van der Waals surface area contributed by atoms with Gasteiger partial charge in [-0.25, -0.2) is 9.97 Å². The molecule has 0 saturated carbocycles. The van der Waals surface area contributed by atoms with E-state index in [1.54, 1.807) is 0 Å². The van der Waals surface area contributed by atoms with Gasteiger partial charge in [0.15, 0.2) is 0 Å². The first-order valence-electron chi connectivity index (χ1n) is 8.05. The summed E-state index contributed by atoms with van der Waals surface area (Å²) >= 11 is 0. The fourth-order valence-electron chi connectivity index (χ4n) is 2.58. The summed E-state index contributed by atoms with van der Waals surface area (Å²) in [6.45, 7) is 6.63. The maximum absolute atomic E-state index is 11.7. The van der Waals surface area contributed by atoms with Gasteiger partial charge < -0.3 is 10.2 Å². The van der Waals surface area contributed by atoms with Crippen molar-refractivity contribution in [2.75, 3.05) is 18.0 Å². The Hall–Kier alpha value is -1.65. The summed E-state index contributed by atoms with van der Waals surface area (Å²) in [5, 5.41) is 2.91. The summed E-state index contributed by atoms with van der Waals surface area (Å²) in [7, 11) is 0. The van der Waals surface area contributed by atoms with Crippen LogP contribution in [-0.2, 0) is 11.3 Å². The molecule has 5 nitrogen and oxygen atoms in total. The average molecular weight is 290 g/mol. The number of anilines is 1. The van der Waals surface area contributed by atoms with E-state index in [2.05, 4.69) is 27.1 Å². The van der Waals surface area contributed by atoms with Crippen LogP contribution < -0.4 is 10.2 Å². The molecular formula is C16H26N4O. The van der Waals surface area contributed by atoms with Gasteiger partial charge in [0.2, 0.25) is 5.91 Å². The first-order chi connectivity index (χ1) is 10.2. The number of aromatic nitrogens is 2. The topological polar surface area (TPSA) is 58.1 Å². The summed E-state index contributed by atoms with van der Waals surface area (Å²) < 4.78 is 0. The normalized spacial score (nSPS) is 15.0. The molecule has 1 aromatic rings. The zero-order valence-electron chi connectivity index (χ0n) is 13.2. The zero-order chi connectivity index (χ0) is 15.1. The van der Waals surface area contributed by atoms with Gasteiger partial charge in [0.05, 0.1) is 6.54 Å². The first-order valence-corrected chi connectivity index (χ1v) is 8.05. The molecule has 21 heavy (non-hydrogen) atoms. The summed E-state index contributed by atoms with van der Waals surface area (Å²) in [6, 6.07) is 2.04. The lowest BCUT2D eigenvalue weighted by molar-refractivity contribution is -0.121. The van der Waals surface area contributed by atoms with Crippen molar-refractivity contribution in [1.82, 2.24) is 15.3 Å². The molecule has 0 atom stereocenters. The number of hydrogen-bond acceptors (Lipinski definition) is 4. The lowest BCUT2D eigenvalue weighted by Crippen LogP contribution is -2.31. The predicted molar refractivity (Wildman–Crippen MR) is 84.2 cm³/mol. The Labute approximate surface area is 127 Å². The number of hydrogen-bond donors (Lipinski definition) is 1. The molecule has 0 aromatic carbocycles. The second-order valence-electron chi connectivity index (χ2n) is 5.71. The minimum Gasteiger partial charge on any atom is -0.357 e. The van der Waals surface area contributed by atoms with E-state index >= 15 is 0 Å². The van der Waals surface area contributed by atoms with Crippen molar-refractivity contribution in [3.8, 4) is 0 Å². The predicted octanol–water partition coefficient (Wildman–Crippen LogP) is 2.58. The van der Waals surface area contributed by atoms with Crippen molar-refractivity contribution < 1.29 is 4.79 Å². The second kappa shape index (κ2) is 7.96. The molecule has 1 aromatic heterocycles. The minimum absolute atomic E-state index is 0.0847. The number of carbonyl (C=O) groups excluding carboxylic acids is 1. The van der Waals surface area contributed by atoms with Gasteiger partial charge in [-0.1, -0.05) is 13.3 Å². The van der Waals surface area contributed by atoms with Crippen molar-refractivity contribution in [3.05, 3.63) is 17.6 Å². The maximum atomic E-state index is 11.7. The van der Waals surface area contributed by atoms with Gasteiger partial charge in [0.1, 0.15) is 11.6 Å². The van der Waals surface area contributed by atoms with E-state index in [4.69, 9.17) is 0 Å². The third kappa shape index (κ3) is 4.99. The molecule has 1 saturated heterocycles. The maximum Gasteiger partial charge on any atom is 0.220 e. The van der Waals surface area contributed by atoms with E-state index in [0.717, 1.165) is 37.4 Å². The number of unbranched alkanes of at least 4 members (excludes halogenated alkanes) is 1. The van der Waals surface area contributed by atoms with Gasteiger partial charge in [-0.2, -0.15) is 0 Å². The van der Waals surface area contributed by atoms with E-state index in [-0.39, 0.29) is 5.91 Å². The number of nitrogens with zero attached hydrogens (tertiary/aromatic N) is 3. The number of carbonyl (C=O) groups is 1. The van der Waals surface area contributed by atoms with Gasteiger partial charge in [0.25, 0.3) is 0 Å². The highest BCUT2D eigenvalue weighted by Crippen LogP contribution is 2.18. The largest absolute Gasteiger partial charge is 0.357 e. The molecule has 1 amide bonds. The quantitative estimate of drug-likeness (QED) is 0.875. The minimum atomic E-state index is 0.0847. The molecule has 1 N–H and O–H groups in total. The van der Waals surface area contributed by atoms with Crippen LogP contribution in [0.5, 0.6) is 0 Å². The van der Waals surface area contributed by atoms with E-state index in [1.807, 2.05) is 13.0 Å². The Morgan fingerprint density at radius 2 is 2.05 bits per heavy atom. The van der Waals surface area contributed by atoms with Gasteiger partial charge in [0, 0.05) is 31.3 Å². The monoisotopic (exact) mass is 290 g/mol. The molecule has 116 valence electrons. The zero-order valence-corrected chi connectivity index (χ0v) is 13.2. The smallest absolute Gasteiger partial charge is 0.220 e. The molecule has 0 unspecified atom stereocenters. The van der Waals surface area contributed by atoms with Gasteiger partial charge in [-0.05, 0) is 32.6 Å². The number of nitrogens with one attached hydrogen (secondary N) is 1. The van der Waals surface area contributed by atoms with Crippen LogP contribution in [0.2, 0.25) is 0 Å². The lowest BCUT2D eigenvalue weighted by atomic mass is 10.1. The molecule has 1 aliphatic rings. The average Bonchev–Trinajstić information content (AvgIpc) is 2.51. The standard InChI is InChI=1S/C16H26N4O/c1-3-4-8-16(21)17-12-14-18-13(2)11-15(19-14)20-9-6-5-7-10-20/h11H,3-10,12H2,1-2H3,(H,17,21). The van der Waals surface area contributed by atoms with Crippen LogP contribution >= 0.6 is 0 Å². The van der Waals surface area contributed by atoms with Gasteiger partial charge >= 0.3 is 0 Å². The molecular weight excluding hydrogens is 264 g/mol. The van der Waals surface area contributed by atoms with Crippen LogP contribution in [0.15, 0.2) is 6.07 Å². The molecule has 0 aliphatic carbocycles.